The number of benzene rings is 2. The summed E-state index contributed by atoms with van der Waals surface area (Å²) in [6.07, 6.45) is 2.85. The molecule has 1 N–H and O–H groups in total. The third-order valence-electron chi connectivity index (χ3n) is 5.10. The van der Waals surface area contributed by atoms with Gasteiger partial charge in [0.05, 0.1) is 38.5 Å². The molecule has 0 aliphatic carbocycles. The molecule has 0 aliphatic rings. The SMILES string of the molecule is Cc1cc(NC(=O)c2cc([N+](=O)[O-])ccc2Cl)n(-c2ncnc3c2cnn3-c2ccc(F)cc2)n1. The molecule has 1 amide bonds. The monoisotopic (exact) mass is 492 g/mol. The lowest BCUT2D eigenvalue weighted by Crippen LogP contribution is -2.16. The van der Waals surface area contributed by atoms with Gasteiger partial charge in [0.15, 0.2) is 11.5 Å². The third-order valence-corrected chi connectivity index (χ3v) is 5.42. The van der Waals surface area contributed by atoms with E-state index in [0.29, 0.717) is 28.2 Å². The molecule has 3 heterocycles. The summed E-state index contributed by atoms with van der Waals surface area (Å²) in [4.78, 5) is 32.1. The maximum atomic E-state index is 13.3. The van der Waals surface area contributed by atoms with Crippen LogP contribution >= 0.6 is 11.6 Å². The second kappa shape index (κ2) is 8.57. The Morgan fingerprint density at radius 1 is 1.11 bits per heavy atom. The van der Waals surface area contributed by atoms with Crippen LogP contribution in [0, 0.1) is 22.9 Å². The summed E-state index contributed by atoms with van der Waals surface area (Å²) >= 11 is 6.11. The predicted octanol–water partition coefficient (Wildman–Crippen LogP) is 4.26. The van der Waals surface area contributed by atoms with Gasteiger partial charge in [0.2, 0.25) is 0 Å². The molecule has 35 heavy (non-hydrogen) atoms. The number of anilines is 1. The summed E-state index contributed by atoms with van der Waals surface area (Å²) in [5.41, 5.74) is 1.27. The summed E-state index contributed by atoms with van der Waals surface area (Å²) in [5.74, 6) is -0.453. The van der Waals surface area contributed by atoms with Gasteiger partial charge in [-0.05, 0) is 37.3 Å². The largest absolute Gasteiger partial charge is 0.306 e. The number of hydrogen-bond acceptors (Lipinski definition) is 7. The number of non-ortho nitro benzene ring substituents is 1. The van der Waals surface area contributed by atoms with Gasteiger partial charge in [0.25, 0.3) is 11.6 Å². The van der Waals surface area contributed by atoms with Crippen molar-refractivity contribution in [2.24, 2.45) is 0 Å². The summed E-state index contributed by atoms with van der Waals surface area (Å²) in [6.45, 7) is 1.73. The normalized spacial score (nSPS) is 11.1. The van der Waals surface area contributed by atoms with Crippen molar-refractivity contribution >= 4 is 40.0 Å². The zero-order chi connectivity index (χ0) is 24.7. The fraction of sp³-hybridized carbons (Fsp3) is 0.0455. The Hall–Kier alpha value is -4.71. The van der Waals surface area contributed by atoms with Crippen molar-refractivity contribution in [1.82, 2.24) is 29.5 Å². The number of nitro benzene ring substituents is 1. The third kappa shape index (κ3) is 4.06. The van der Waals surface area contributed by atoms with Crippen LogP contribution in [0.2, 0.25) is 5.02 Å². The number of amides is 1. The fourth-order valence-corrected chi connectivity index (χ4v) is 3.71. The van der Waals surface area contributed by atoms with Gasteiger partial charge in [-0.15, -0.1) is 0 Å². The van der Waals surface area contributed by atoms with Crippen LogP contribution in [-0.2, 0) is 0 Å². The molecule has 0 unspecified atom stereocenters. The maximum absolute atomic E-state index is 13.3. The van der Waals surface area contributed by atoms with Crippen LogP contribution in [0.25, 0.3) is 22.5 Å². The molecule has 3 aromatic heterocycles. The van der Waals surface area contributed by atoms with Gasteiger partial charge in [0.1, 0.15) is 18.0 Å². The summed E-state index contributed by atoms with van der Waals surface area (Å²) in [6, 6.07) is 11.0. The standard InChI is InChI=1S/C22H14ClFN8O3/c1-12-8-19(28-22(33)16-9-15(32(34)35)6-7-18(16)23)31(29-12)21-17-10-27-30(20(17)25-11-26-21)14-4-2-13(24)3-5-14/h2-11H,1H3,(H,28,33). The highest BCUT2D eigenvalue weighted by Crippen LogP contribution is 2.26. The van der Waals surface area contributed by atoms with Crippen molar-refractivity contribution in [2.75, 3.05) is 5.32 Å². The van der Waals surface area contributed by atoms with Crippen LogP contribution in [0.1, 0.15) is 16.1 Å². The highest BCUT2D eigenvalue weighted by molar-refractivity contribution is 6.34. The highest BCUT2D eigenvalue weighted by atomic mass is 35.5. The lowest BCUT2D eigenvalue weighted by molar-refractivity contribution is -0.384. The minimum atomic E-state index is -0.660. The zero-order valence-electron chi connectivity index (χ0n) is 17.9. The number of fused-ring (bicyclic) bond motifs is 1. The van der Waals surface area contributed by atoms with Gasteiger partial charge in [0, 0.05) is 18.2 Å². The molecule has 0 aliphatic heterocycles. The van der Waals surface area contributed by atoms with E-state index >= 15 is 0 Å². The molecule has 0 spiro atoms. The number of aromatic nitrogens is 6. The van der Waals surface area contributed by atoms with Crippen molar-refractivity contribution < 1.29 is 14.1 Å². The van der Waals surface area contributed by atoms with E-state index in [0.717, 1.165) is 6.07 Å². The first-order chi connectivity index (χ1) is 16.8. The van der Waals surface area contributed by atoms with Gasteiger partial charge in [-0.1, -0.05) is 11.6 Å². The number of carbonyl (C=O) groups excluding carboxylic acids is 1. The van der Waals surface area contributed by atoms with E-state index in [1.54, 1.807) is 25.1 Å². The number of aryl methyl sites for hydroxylation is 1. The van der Waals surface area contributed by atoms with Crippen LogP contribution in [0.15, 0.2) is 61.1 Å². The van der Waals surface area contributed by atoms with Crippen LogP contribution in [0.4, 0.5) is 15.9 Å². The number of nitro groups is 1. The summed E-state index contributed by atoms with van der Waals surface area (Å²) in [5, 5.41) is 23.1. The van der Waals surface area contributed by atoms with Gasteiger partial charge in [-0.2, -0.15) is 14.9 Å². The first-order valence-corrected chi connectivity index (χ1v) is 10.5. The Kier molecular flexibility index (Phi) is 5.41. The van der Waals surface area contributed by atoms with Crippen LogP contribution in [-0.4, -0.2) is 40.4 Å². The van der Waals surface area contributed by atoms with Crippen LogP contribution in [0.5, 0.6) is 0 Å². The molecule has 0 fully saturated rings. The molecular weight excluding hydrogens is 479 g/mol. The molecule has 13 heteroatoms. The molecular formula is C22H14ClFN8O3. The number of halogens is 2. The zero-order valence-corrected chi connectivity index (χ0v) is 18.6. The van der Waals surface area contributed by atoms with E-state index in [4.69, 9.17) is 11.6 Å². The average Bonchev–Trinajstić information content (AvgIpc) is 3.43. The van der Waals surface area contributed by atoms with E-state index in [-0.39, 0.29) is 27.9 Å². The minimum Gasteiger partial charge on any atom is -0.306 e. The Morgan fingerprint density at radius 2 is 1.89 bits per heavy atom. The minimum absolute atomic E-state index is 0.0564. The van der Waals surface area contributed by atoms with Crippen molar-refractivity contribution in [3.63, 3.8) is 0 Å². The molecule has 11 nitrogen and oxygen atoms in total. The molecule has 0 saturated carbocycles. The van der Waals surface area contributed by atoms with E-state index in [9.17, 15) is 19.3 Å². The lowest BCUT2D eigenvalue weighted by atomic mass is 10.2. The van der Waals surface area contributed by atoms with Crippen molar-refractivity contribution in [1.29, 1.82) is 0 Å². The Morgan fingerprint density at radius 3 is 2.63 bits per heavy atom. The second-order valence-corrected chi connectivity index (χ2v) is 7.83. The fourth-order valence-electron chi connectivity index (χ4n) is 3.51. The first-order valence-electron chi connectivity index (χ1n) is 10.1. The van der Waals surface area contributed by atoms with E-state index < -0.39 is 10.8 Å². The molecule has 174 valence electrons. The smallest absolute Gasteiger partial charge is 0.270 e. The lowest BCUT2D eigenvalue weighted by Gasteiger charge is -2.10. The van der Waals surface area contributed by atoms with E-state index in [1.165, 1.54) is 46.2 Å². The van der Waals surface area contributed by atoms with E-state index in [1.807, 2.05) is 0 Å². The van der Waals surface area contributed by atoms with Crippen LogP contribution in [0.3, 0.4) is 0 Å². The Balaban J connectivity index is 1.55. The van der Waals surface area contributed by atoms with Gasteiger partial charge in [-0.25, -0.2) is 19.0 Å². The quantitative estimate of drug-likeness (QED) is 0.286. The Bertz CT molecular complexity index is 1610. The summed E-state index contributed by atoms with van der Waals surface area (Å²) in [7, 11) is 0. The van der Waals surface area contributed by atoms with Gasteiger partial charge < -0.3 is 5.32 Å². The molecule has 5 rings (SSSR count). The number of rotatable bonds is 5. The number of nitrogens with zero attached hydrogens (tertiary/aromatic N) is 7. The first kappa shape index (κ1) is 22.1. The predicted molar refractivity (Wildman–Crippen MR) is 125 cm³/mol. The maximum Gasteiger partial charge on any atom is 0.270 e. The molecule has 0 bridgehead atoms. The molecule has 0 radical (unpaired) electrons. The topological polar surface area (TPSA) is 134 Å². The van der Waals surface area contributed by atoms with Crippen molar-refractivity contribution in [3.8, 4) is 11.5 Å². The van der Waals surface area contributed by atoms with Gasteiger partial charge in [-0.3, -0.25) is 14.9 Å². The summed E-state index contributed by atoms with van der Waals surface area (Å²) < 4.78 is 16.3. The highest BCUT2D eigenvalue weighted by Gasteiger charge is 2.20. The molecule has 0 saturated heterocycles. The molecule has 2 aromatic carbocycles. The second-order valence-electron chi connectivity index (χ2n) is 7.43. The van der Waals surface area contributed by atoms with Gasteiger partial charge >= 0.3 is 0 Å². The Labute approximate surface area is 201 Å². The molecule has 5 aromatic rings. The van der Waals surface area contributed by atoms with Crippen molar-refractivity contribution in [3.05, 3.63) is 93.3 Å². The molecule has 0 atom stereocenters. The number of carbonyl (C=O) groups is 1. The number of nitrogens with one attached hydrogen (secondary N) is 1. The number of hydrogen-bond donors (Lipinski definition) is 1. The van der Waals surface area contributed by atoms with Crippen molar-refractivity contribution in [2.45, 2.75) is 6.92 Å². The average molecular weight is 493 g/mol. The van der Waals surface area contributed by atoms with E-state index in [2.05, 4.69) is 25.5 Å². The van der Waals surface area contributed by atoms with Crippen LogP contribution < -0.4 is 5.32 Å².